The van der Waals surface area contributed by atoms with Crippen LogP contribution < -0.4 is 10.6 Å². The molecule has 102 valence electrons. The highest BCUT2D eigenvalue weighted by atomic mass is 79.9. The molecule has 1 unspecified atom stereocenters. The molecular weight excluding hydrogens is 328 g/mol. The third-order valence-corrected chi connectivity index (χ3v) is 4.60. The van der Waals surface area contributed by atoms with Gasteiger partial charge in [-0.15, -0.1) is 11.3 Å². The van der Waals surface area contributed by atoms with Crippen molar-refractivity contribution in [3.05, 3.63) is 38.8 Å². The molecule has 2 rings (SSSR count). The van der Waals surface area contributed by atoms with Gasteiger partial charge in [0.15, 0.2) is 0 Å². The van der Waals surface area contributed by atoms with Gasteiger partial charge < -0.3 is 10.6 Å². The van der Waals surface area contributed by atoms with Crippen LogP contribution in [0.25, 0.3) is 0 Å². The summed E-state index contributed by atoms with van der Waals surface area (Å²) in [5.41, 5.74) is 0.981. The molecule has 7 heteroatoms. The Labute approximate surface area is 124 Å². The van der Waals surface area contributed by atoms with E-state index in [1.165, 1.54) is 0 Å². The van der Waals surface area contributed by atoms with Gasteiger partial charge in [0.05, 0.1) is 18.8 Å². The Morgan fingerprint density at radius 1 is 1.63 bits per heavy atom. The van der Waals surface area contributed by atoms with Gasteiger partial charge in [0.2, 0.25) is 0 Å². The van der Waals surface area contributed by atoms with E-state index in [-0.39, 0.29) is 12.1 Å². The van der Waals surface area contributed by atoms with E-state index in [1.807, 2.05) is 31.6 Å². The van der Waals surface area contributed by atoms with Crippen molar-refractivity contribution < 1.29 is 4.79 Å². The van der Waals surface area contributed by atoms with E-state index >= 15 is 0 Å². The number of halogens is 1. The maximum absolute atomic E-state index is 11.8. The Balaban J connectivity index is 1.83. The summed E-state index contributed by atoms with van der Waals surface area (Å²) in [6.07, 6.45) is 3.64. The summed E-state index contributed by atoms with van der Waals surface area (Å²) < 4.78 is 2.74. The van der Waals surface area contributed by atoms with Crippen molar-refractivity contribution in [2.75, 3.05) is 0 Å². The first-order valence-electron chi connectivity index (χ1n) is 5.81. The van der Waals surface area contributed by atoms with Gasteiger partial charge in [-0.2, -0.15) is 5.10 Å². The maximum atomic E-state index is 11.8. The van der Waals surface area contributed by atoms with Crippen LogP contribution in [0, 0.1) is 0 Å². The van der Waals surface area contributed by atoms with Crippen molar-refractivity contribution in [2.45, 2.75) is 19.5 Å². The molecule has 0 bridgehead atoms. The Kier molecular flexibility index (Phi) is 4.60. The highest BCUT2D eigenvalue weighted by molar-refractivity contribution is 9.10. The quantitative estimate of drug-likeness (QED) is 0.897. The lowest BCUT2D eigenvalue weighted by atomic mass is 10.2. The summed E-state index contributed by atoms with van der Waals surface area (Å²) in [7, 11) is 1.85. The molecule has 0 fully saturated rings. The second-order valence-electron chi connectivity index (χ2n) is 4.19. The van der Waals surface area contributed by atoms with Crippen molar-refractivity contribution in [1.29, 1.82) is 0 Å². The molecule has 0 spiro atoms. The Hall–Kier alpha value is -1.34. The number of nitrogens with one attached hydrogen (secondary N) is 2. The standard InChI is InChI=1S/C12H15BrN4OS/c1-8(9-5-15-17(2)7-9)16-12(18)14-6-11-10(13)3-4-19-11/h3-5,7-8H,6H2,1-2H3,(H2,14,16,18). The van der Waals surface area contributed by atoms with Crippen LogP contribution in [0.1, 0.15) is 23.4 Å². The first kappa shape index (κ1) is 14.1. The summed E-state index contributed by atoms with van der Waals surface area (Å²) >= 11 is 5.04. The summed E-state index contributed by atoms with van der Waals surface area (Å²) in [4.78, 5) is 12.9. The van der Waals surface area contributed by atoms with Crippen LogP contribution >= 0.6 is 27.3 Å². The maximum Gasteiger partial charge on any atom is 0.315 e. The minimum Gasteiger partial charge on any atom is -0.333 e. The SMILES string of the molecule is CC(NC(=O)NCc1sccc1Br)c1cnn(C)c1. The summed E-state index contributed by atoms with van der Waals surface area (Å²) in [5, 5.41) is 11.8. The Morgan fingerprint density at radius 3 is 3.00 bits per heavy atom. The number of carbonyl (C=O) groups excluding carboxylic acids is 1. The van der Waals surface area contributed by atoms with Crippen LogP contribution in [0.5, 0.6) is 0 Å². The largest absolute Gasteiger partial charge is 0.333 e. The van der Waals surface area contributed by atoms with Gasteiger partial charge in [0.25, 0.3) is 0 Å². The monoisotopic (exact) mass is 342 g/mol. The molecule has 5 nitrogen and oxygen atoms in total. The van der Waals surface area contributed by atoms with E-state index in [2.05, 4.69) is 31.7 Å². The third-order valence-electron chi connectivity index (χ3n) is 2.67. The topological polar surface area (TPSA) is 59.0 Å². The number of carbonyl (C=O) groups is 1. The van der Waals surface area contributed by atoms with E-state index in [0.29, 0.717) is 6.54 Å². The minimum absolute atomic E-state index is 0.0690. The zero-order valence-electron chi connectivity index (χ0n) is 10.7. The van der Waals surface area contributed by atoms with E-state index in [1.54, 1.807) is 22.2 Å². The molecule has 2 aromatic rings. The number of amides is 2. The molecule has 0 aromatic carbocycles. The Bertz CT molecular complexity index is 566. The average molecular weight is 343 g/mol. The van der Waals surface area contributed by atoms with Crippen molar-refractivity contribution in [1.82, 2.24) is 20.4 Å². The predicted molar refractivity (Wildman–Crippen MR) is 79.0 cm³/mol. The first-order chi connectivity index (χ1) is 9.06. The Morgan fingerprint density at radius 2 is 2.42 bits per heavy atom. The van der Waals surface area contributed by atoms with Crippen LogP contribution in [-0.2, 0) is 13.6 Å². The van der Waals surface area contributed by atoms with Gasteiger partial charge in [-0.1, -0.05) is 0 Å². The zero-order chi connectivity index (χ0) is 13.8. The number of hydrogen-bond donors (Lipinski definition) is 2. The first-order valence-corrected chi connectivity index (χ1v) is 7.48. The van der Waals surface area contributed by atoms with E-state index in [9.17, 15) is 4.79 Å². The molecule has 2 N–H and O–H groups in total. The number of aryl methyl sites for hydroxylation is 1. The predicted octanol–water partition coefficient (Wildman–Crippen LogP) is 2.80. The van der Waals surface area contributed by atoms with Crippen molar-refractivity contribution in [2.24, 2.45) is 7.05 Å². The van der Waals surface area contributed by atoms with Gasteiger partial charge in [0, 0.05) is 28.2 Å². The zero-order valence-corrected chi connectivity index (χ0v) is 13.1. The molecular formula is C12H15BrN4OS. The van der Waals surface area contributed by atoms with Gasteiger partial charge in [-0.25, -0.2) is 4.79 Å². The summed E-state index contributed by atoms with van der Waals surface area (Å²) in [5.74, 6) is 0. The summed E-state index contributed by atoms with van der Waals surface area (Å²) in [6.45, 7) is 2.45. The molecule has 0 aliphatic carbocycles. The fourth-order valence-corrected chi connectivity index (χ4v) is 3.04. The molecule has 0 radical (unpaired) electrons. The molecule has 2 amide bonds. The average Bonchev–Trinajstić information content (AvgIpc) is 2.95. The molecule has 1 atom stereocenters. The van der Waals surface area contributed by atoms with Gasteiger partial charge in [0.1, 0.15) is 0 Å². The highest BCUT2D eigenvalue weighted by Crippen LogP contribution is 2.22. The fraction of sp³-hybridized carbons (Fsp3) is 0.333. The lowest BCUT2D eigenvalue weighted by Crippen LogP contribution is -2.36. The van der Waals surface area contributed by atoms with Crippen LogP contribution in [0.3, 0.4) is 0 Å². The molecule has 0 saturated carbocycles. The molecule has 0 saturated heterocycles. The smallest absolute Gasteiger partial charge is 0.315 e. The lowest BCUT2D eigenvalue weighted by Gasteiger charge is -2.12. The molecule has 0 aliphatic heterocycles. The third kappa shape index (κ3) is 3.81. The van der Waals surface area contributed by atoms with E-state index in [4.69, 9.17) is 0 Å². The molecule has 19 heavy (non-hydrogen) atoms. The molecule has 0 aliphatic rings. The van der Waals surface area contributed by atoms with Crippen LogP contribution in [0.4, 0.5) is 4.79 Å². The number of nitrogens with zero attached hydrogens (tertiary/aromatic N) is 2. The van der Waals surface area contributed by atoms with E-state index in [0.717, 1.165) is 14.9 Å². The second-order valence-corrected chi connectivity index (χ2v) is 6.04. The van der Waals surface area contributed by atoms with Crippen molar-refractivity contribution in [3.63, 3.8) is 0 Å². The molecule has 2 heterocycles. The van der Waals surface area contributed by atoms with Crippen molar-refractivity contribution in [3.8, 4) is 0 Å². The van der Waals surface area contributed by atoms with Gasteiger partial charge >= 0.3 is 6.03 Å². The van der Waals surface area contributed by atoms with Gasteiger partial charge in [-0.05, 0) is 34.3 Å². The highest BCUT2D eigenvalue weighted by Gasteiger charge is 2.11. The van der Waals surface area contributed by atoms with Gasteiger partial charge in [-0.3, -0.25) is 4.68 Å². The fourth-order valence-electron chi connectivity index (χ4n) is 1.61. The molecule has 2 aromatic heterocycles. The van der Waals surface area contributed by atoms with E-state index < -0.39 is 0 Å². The number of rotatable bonds is 4. The van der Waals surface area contributed by atoms with Crippen LogP contribution in [0.15, 0.2) is 28.3 Å². The number of thiophene rings is 1. The van der Waals surface area contributed by atoms with Crippen molar-refractivity contribution >= 4 is 33.3 Å². The summed E-state index contributed by atoms with van der Waals surface area (Å²) in [6, 6.07) is 1.72. The minimum atomic E-state index is -0.184. The number of urea groups is 1. The number of aromatic nitrogens is 2. The second kappa shape index (κ2) is 6.21. The number of hydrogen-bond acceptors (Lipinski definition) is 3. The van der Waals surface area contributed by atoms with Crippen LogP contribution in [-0.4, -0.2) is 15.8 Å². The normalized spacial score (nSPS) is 12.2. The van der Waals surface area contributed by atoms with Crippen LogP contribution in [0.2, 0.25) is 0 Å². The lowest BCUT2D eigenvalue weighted by molar-refractivity contribution is 0.237.